The third-order valence-electron chi connectivity index (χ3n) is 9.58. The van der Waals surface area contributed by atoms with Crippen LogP contribution in [-0.2, 0) is 0 Å². The number of rotatable bonds is 3. The van der Waals surface area contributed by atoms with Crippen molar-refractivity contribution in [1.82, 2.24) is 0 Å². The monoisotopic (exact) mass is 570 g/mol. The molecule has 0 saturated heterocycles. The molecule has 0 fully saturated rings. The van der Waals surface area contributed by atoms with E-state index in [-0.39, 0.29) is 0 Å². The summed E-state index contributed by atoms with van der Waals surface area (Å²) in [7, 11) is 0. The molecule has 10 rings (SSSR count). The van der Waals surface area contributed by atoms with Gasteiger partial charge in [-0.05, 0) is 107 Å². The minimum Gasteiger partial charge on any atom is -0.456 e. The van der Waals surface area contributed by atoms with Crippen molar-refractivity contribution >= 4 is 65.0 Å². The highest BCUT2D eigenvalue weighted by Crippen LogP contribution is 2.48. The third-order valence-corrected chi connectivity index (χ3v) is 9.58. The molecular formula is C44H26O. The first-order valence-electron chi connectivity index (χ1n) is 15.5. The Bertz CT molecular complexity index is 2690. The van der Waals surface area contributed by atoms with Crippen molar-refractivity contribution in [3.63, 3.8) is 0 Å². The SMILES string of the molecule is c1ccc(-c2ccc3cc(-c4c5ccccc5c(-c5cc6cccc7oc8cccc5c8c67)c5ccccc45)ccc3c2)cc1. The topological polar surface area (TPSA) is 13.1 Å². The maximum Gasteiger partial charge on any atom is 0.136 e. The van der Waals surface area contributed by atoms with Crippen LogP contribution >= 0.6 is 0 Å². The molecule has 0 unspecified atom stereocenters. The predicted octanol–water partition coefficient (Wildman–Crippen LogP) is 12.6. The summed E-state index contributed by atoms with van der Waals surface area (Å²) in [5.74, 6) is 0. The largest absolute Gasteiger partial charge is 0.456 e. The van der Waals surface area contributed by atoms with Crippen molar-refractivity contribution in [2.75, 3.05) is 0 Å². The van der Waals surface area contributed by atoms with Gasteiger partial charge in [-0.25, -0.2) is 0 Å². The van der Waals surface area contributed by atoms with E-state index in [9.17, 15) is 0 Å². The van der Waals surface area contributed by atoms with Gasteiger partial charge in [0.2, 0.25) is 0 Å². The molecule has 0 radical (unpaired) electrons. The molecule has 208 valence electrons. The Morgan fingerprint density at radius 2 is 0.867 bits per heavy atom. The van der Waals surface area contributed by atoms with Gasteiger partial charge >= 0.3 is 0 Å². The fraction of sp³-hybridized carbons (Fsp3) is 0. The van der Waals surface area contributed by atoms with E-state index >= 15 is 0 Å². The Hall–Kier alpha value is -5.92. The molecule has 1 heteroatoms. The molecule has 1 aromatic heterocycles. The average molecular weight is 571 g/mol. The summed E-state index contributed by atoms with van der Waals surface area (Å²) in [6.45, 7) is 0. The molecule has 10 aromatic rings. The van der Waals surface area contributed by atoms with Gasteiger partial charge in [-0.3, -0.25) is 0 Å². The normalized spacial score (nSPS) is 12.0. The summed E-state index contributed by atoms with van der Waals surface area (Å²) < 4.78 is 6.32. The molecular weight excluding hydrogens is 544 g/mol. The van der Waals surface area contributed by atoms with Gasteiger partial charge in [0.25, 0.3) is 0 Å². The molecule has 45 heavy (non-hydrogen) atoms. The van der Waals surface area contributed by atoms with E-state index in [1.807, 2.05) is 0 Å². The Morgan fingerprint density at radius 1 is 0.311 bits per heavy atom. The number of hydrogen-bond donors (Lipinski definition) is 0. The highest BCUT2D eigenvalue weighted by atomic mass is 16.3. The first kappa shape index (κ1) is 24.5. The second-order valence-electron chi connectivity index (χ2n) is 12.0. The van der Waals surface area contributed by atoms with Crippen LogP contribution in [0, 0.1) is 0 Å². The summed E-state index contributed by atoms with van der Waals surface area (Å²) in [6, 6.07) is 57.4. The third kappa shape index (κ3) is 3.56. The van der Waals surface area contributed by atoms with Crippen LogP contribution in [0.5, 0.6) is 0 Å². The Labute approximate surface area is 259 Å². The highest BCUT2D eigenvalue weighted by molar-refractivity contribution is 6.29. The zero-order valence-electron chi connectivity index (χ0n) is 24.4. The first-order chi connectivity index (χ1) is 22.3. The summed E-state index contributed by atoms with van der Waals surface area (Å²) in [5.41, 5.74) is 9.39. The molecule has 0 aliphatic carbocycles. The van der Waals surface area contributed by atoms with Crippen molar-refractivity contribution in [3.05, 3.63) is 158 Å². The Morgan fingerprint density at radius 3 is 1.58 bits per heavy atom. The lowest BCUT2D eigenvalue weighted by molar-refractivity contribution is 0.669. The zero-order chi connectivity index (χ0) is 29.5. The van der Waals surface area contributed by atoms with Gasteiger partial charge in [-0.15, -0.1) is 0 Å². The van der Waals surface area contributed by atoms with Gasteiger partial charge in [0, 0.05) is 10.8 Å². The van der Waals surface area contributed by atoms with Crippen LogP contribution < -0.4 is 0 Å². The quantitative estimate of drug-likeness (QED) is 0.152. The molecule has 1 nitrogen and oxygen atoms in total. The van der Waals surface area contributed by atoms with Crippen molar-refractivity contribution in [2.24, 2.45) is 0 Å². The van der Waals surface area contributed by atoms with Crippen molar-refractivity contribution in [3.8, 4) is 33.4 Å². The molecule has 0 aliphatic heterocycles. The number of fused-ring (bicyclic) bond motifs is 3. The summed E-state index contributed by atoms with van der Waals surface area (Å²) >= 11 is 0. The molecule has 0 spiro atoms. The summed E-state index contributed by atoms with van der Waals surface area (Å²) in [5, 5.41) is 12.4. The van der Waals surface area contributed by atoms with Gasteiger partial charge in [0.1, 0.15) is 11.2 Å². The molecule has 1 heterocycles. The van der Waals surface area contributed by atoms with Crippen molar-refractivity contribution < 1.29 is 4.42 Å². The van der Waals surface area contributed by atoms with Crippen LogP contribution in [0.2, 0.25) is 0 Å². The highest BCUT2D eigenvalue weighted by Gasteiger charge is 2.21. The van der Waals surface area contributed by atoms with E-state index in [1.54, 1.807) is 0 Å². The fourth-order valence-electron chi connectivity index (χ4n) is 7.62. The standard InChI is InChI=1S/C44H26O/c1-2-10-27(11-3-1)28-20-21-30-25-32(23-22-29(30)24-28)41-33-13-4-6-15-35(33)43(36-16-7-5-14-34(36)41)38-26-31-12-8-18-39-42(31)44-37(38)17-9-19-40(44)45-39/h1-26H. The first-order valence-corrected chi connectivity index (χ1v) is 15.5. The predicted molar refractivity (Wildman–Crippen MR) is 191 cm³/mol. The van der Waals surface area contributed by atoms with Crippen molar-refractivity contribution in [2.45, 2.75) is 0 Å². The van der Waals surface area contributed by atoms with Gasteiger partial charge < -0.3 is 4.42 Å². The average Bonchev–Trinajstić information content (AvgIpc) is 3.50. The second kappa shape index (κ2) is 9.29. The maximum absolute atomic E-state index is 6.32. The lowest BCUT2D eigenvalue weighted by Crippen LogP contribution is -1.92. The molecule has 9 aromatic carbocycles. The van der Waals surface area contributed by atoms with E-state index in [2.05, 4.69) is 158 Å². The zero-order valence-corrected chi connectivity index (χ0v) is 24.4. The van der Waals surface area contributed by atoms with E-state index in [0.29, 0.717) is 0 Å². The summed E-state index contributed by atoms with van der Waals surface area (Å²) in [4.78, 5) is 0. The minimum absolute atomic E-state index is 0.942. The lowest BCUT2D eigenvalue weighted by atomic mass is 9.83. The molecule has 0 N–H and O–H groups in total. The van der Waals surface area contributed by atoms with Gasteiger partial charge in [0.05, 0.1) is 0 Å². The number of benzene rings is 9. The van der Waals surface area contributed by atoms with Crippen LogP contribution in [0.15, 0.2) is 162 Å². The van der Waals surface area contributed by atoms with Crippen LogP contribution in [0.4, 0.5) is 0 Å². The smallest absolute Gasteiger partial charge is 0.136 e. The molecule has 0 aliphatic rings. The Kier molecular flexibility index (Phi) is 5.06. The van der Waals surface area contributed by atoms with Gasteiger partial charge in [-0.2, -0.15) is 0 Å². The second-order valence-corrected chi connectivity index (χ2v) is 12.0. The fourth-order valence-corrected chi connectivity index (χ4v) is 7.62. The van der Waals surface area contributed by atoms with E-state index < -0.39 is 0 Å². The maximum atomic E-state index is 6.32. The minimum atomic E-state index is 0.942. The molecule has 0 saturated carbocycles. The van der Waals surface area contributed by atoms with E-state index in [0.717, 1.165) is 11.2 Å². The number of hydrogen-bond acceptors (Lipinski definition) is 1. The molecule has 0 atom stereocenters. The van der Waals surface area contributed by atoms with Gasteiger partial charge in [0.15, 0.2) is 0 Å². The van der Waals surface area contributed by atoms with Crippen molar-refractivity contribution in [1.29, 1.82) is 0 Å². The summed E-state index contributed by atoms with van der Waals surface area (Å²) in [6.07, 6.45) is 0. The number of furan rings is 1. The van der Waals surface area contributed by atoms with Crippen LogP contribution in [0.3, 0.4) is 0 Å². The van der Waals surface area contributed by atoms with Crippen LogP contribution in [0.25, 0.3) is 98.4 Å². The lowest BCUT2D eigenvalue weighted by Gasteiger charge is -2.19. The molecule has 0 amide bonds. The molecule has 0 bridgehead atoms. The van der Waals surface area contributed by atoms with Crippen LogP contribution in [-0.4, -0.2) is 0 Å². The van der Waals surface area contributed by atoms with E-state index in [1.165, 1.54) is 87.2 Å². The van der Waals surface area contributed by atoms with Gasteiger partial charge in [-0.1, -0.05) is 127 Å². The Balaban J connectivity index is 1.27. The van der Waals surface area contributed by atoms with E-state index in [4.69, 9.17) is 4.42 Å². The van der Waals surface area contributed by atoms with Crippen LogP contribution in [0.1, 0.15) is 0 Å².